The predicted molar refractivity (Wildman–Crippen MR) is 73.6 cm³/mol. The van der Waals surface area contributed by atoms with Crippen LogP contribution in [0.4, 0.5) is 0 Å². The average molecular weight is 298 g/mol. The van der Waals surface area contributed by atoms with Crippen molar-refractivity contribution >= 4 is 17.8 Å². The minimum atomic E-state index is -1.01. The maximum atomic E-state index is 12.4. The minimum Gasteiger partial charge on any atom is -0.479 e. The highest BCUT2D eigenvalue weighted by Crippen LogP contribution is 2.22. The summed E-state index contributed by atoms with van der Waals surface area (Å²) in [5, 5.41) is 8.90. The monoisotopic (exact) mass is 298 g/mol. The third kappa shape index (κ3) is 3.72. The summed E-state index contributed by atoms with van der Waals surface area (Å²) in [4.78, 5) is 38.4. The molecule has 2 aliphatic rings. The van der Waals surface area contributed by atoms with Gasteiger partial charge in [-0.2, -0.15) is 0 Å². The van der Waals surface area contributed by atoms with Crippen LogP contribution in [-0.2, 0) is 19.1 Å². The molecule has 1 N–H and O–H groups in total. The molecule has 2 fully saturated rings. The molecule has 0 aliphatic carbocycles. The van der Waals surface area contributed by atoms with E-state index in [2.05, 4.69) is 0 Å². The van der Waals surface area contributed by atoms with E-state index >= 15 is 0 Å². The van der Waals surface area contributed by atoms with Crippen LogP contribution < -0.4 is 0 Å². The third-order valence-electron chi connectivity index (χ3n) is 4.03. The Morgan fingerprint density at radius 2 is 1.67 bits per heavy atom. The SMILES string of the molecule is CCC(=O)N1CCCN(C(=O)C2CCC(C(=O)O)O2)CC1. The smallest absolute Gasteiger partial charge is 0.332 e. The van der Waals surface area contributed by atoms with Gasteiger partial charge in [0.15, 0.2) is 6.10 Å². The molecule has 0 aromatic carbocycles. The van der Waals surface area contributed by atoms with Crippen LogP contribution in [0.3, 0.4) is 0 Å². The Hall–Kier alpha value is -1.63. The van der Waals surface area contributed by atoms with E-state index in [1.807, 2.05) is 6.92 Å². The van der Waals surface area contributed by atoms with Gasteiger partial charge < -0.3 is 19.6 Å². The highest BCUT2D eigenvalue weighted by Gasteiger charge is 2.37. The summed E-state index contributed by atoms with van der Waals surface area (Å²) in [6, 6.07) is 0. The number of carboxylic acid groups (broad SMARTS) is 1. The van der Waals surface area contributed by atoms with Gasteiger partial charge in [0.2, 0.25) is 5.91 Å². The Morgan fingerprint density at radius 1 is 1.05 bits per heavy atom. The summed E-state index contributed by atoms with van der Waals surface area (Å²) in [7, 11) is 0. The standard InChI is InChI=1S/C14H22N2O5/c1-2-12(17)15-6-3-7-16(9-8-15)13(18)10-4-5-11(21-10)14(19)20/h10-11H,2-9H2,1H3,(H,19,20). The van der Waals surface area contributed by atoms with Gasteiger partial charge in [0.1, 0.15) is 6.10 Å². The van der Waals surface area contributed by atoms with Gasteiger partial charge in [-0.15, -0.1) is 0 Å². The zero-order chi connectivity index (χ0) is 15.4. The topological polar surface area (TPSA) is 87.2 Å². The predicted octanol–water partition coefficient (Wildman–Crippen LogP) is 0.0895. The van der Waals surface area contributed by atoms with Gasteiger partial charge in [-0.3, -0.25) is 9.59 Å². The largest absolute Gasteiger partial charge is 0.479 e. The molecule has 2 saturated heterocycles. The van der Waals surface area contributed by atoms with Crippen LogP contribution in [-0.4, -0.2) is 71.1 Å². The molecule has 0 saturated carbocycles. The van der Waals surface area contributed by atoms with Crippen LogP contribution >= 0.6 is 0 Å². The molecule has 2 aliphatic heterocycles. The number of nitrogens with zero attached hydrogens (tertiary/aromatic N) is 2. The number of amides is 2. The van der Waals surface area contributed by atoms with E-state index in [0.29, 0.717) is 45.4 Å². The van der Waals surface area contributed by atoms with Gasteiger partial charge >= 0.3 is 5.97 Å². The van der Waals surface area contributed by atoms with Crippen molar-refractivity contribution in [3.05, 3.63) is 0 Å². The number of hydrogen-bond donors (Lipinski definition) is 1. The summed E-state index contributed by atoms with van der Waals surface area (Å²) in [6.45, 7) is 4.11. The van der Waals surface area contributed by atoms with E-state index in [4.69, 9.17) is 9.84 Å². The molecule has 118 valence electrons. The second-order valence-electron chi connectivity index (χ2n) is 5.44. The quantitative estimate of drug-likeness (QED) is 0.798. The summed E-state index contributed by atoms with van der Waals surface area (Å²) < 4.78 is 5.30. The van der Waals surface area contributed by atoms with Gasteiger partial charge in [0.25, 0.3) is 5.91 Å². The van der Waals surface area contributed by atoms with E-state index in [0.717, 1.165) is 6.42 Å². The maximum absolute atomic E-state index is 12.4. The fourth-order valence-corrected chi connectivity index (χ4v) is 2.81. The number of ether oxygens (including phenoxy) is 1. The van der Waals surface area contributed by atoms with Crippen molar-refractivity contribution in [2.24, 2.45) is 0 Å². The molecule has 0 aromatic rings. The zero-order valence-electron chi connectivity index (χ0n) is 12.3. The third-order valence-corrected chi connectivity index (χ3v) is 4.03. The molecule has 0 spiro atoms. The number of carbonyl (C=O) groups excluding carboxylic acids is 2. The first-order chi connectivity index (χ1) is 10.0. The summed E-state index contributed by atoms with van der Waals surface area (Å²) in [5.74, 6) is -1.06. The Balaban J connectivity index is 1.89. The molecule has 2 amide bonds. The molecule has 2 atom stereocenters. The lowest BCUT2D eigenvalue weighted by Crippen LogP contribution is -2.42. The van der Waals surface area contributed by atoms with Crippen molar-refractivity contribution in [2.75, 3.05) is 26.2 Å². The van der Waals surface area contributed by atoms with Crippen molar-refractivity contribution in [1.29, 1.82) is 0 Å². The molecule has 21 heavy (non-hydrogen) atoms. The van der Waals surface area contributed by atoms with Crippen molar-refractivity contribution in [3.8, 4) is 0 Å². The Labute approximate surface area is 123 Å². The van der Waals surface area contributed by atoms with Crippen LogP contribution in [0.2, 0.25) is 0 Å². The van der Waals surface area contributed by atoms with Crippen LogP contribution in [0, 0.1) is 0 Å². The van der Waals surface area contributed by atoms with Gasteiger partial charge in [0, 0.05) is 32.6 Å². The van der Waals surface area contributed by atoms with Crippen molar-refractivity contribution in [2.45, 2.75) is 44.8 Å². The number of hydrogen-bond acceptors (Lipinski definition) is 4. The lowest BCUT2D eigenvalue weighted by Gasteiger charge is -2.24. The first-order valence-corrected chi connectivity index (χ1v) is 7.47. The summed E-state index contributed by atoms with van der Waals surface area (Å²) >= 11 is 0. The molecule has 2 unspecified atom stereocenters. The number of carbonyl (C=O) groups is 3. The fraction of sp³-hybridized carbons (Fsp3) is 0.786. The van der Waals surface area contributed by atoms with E-state index in [-0.39, 0.29) is 11.8 Å². The van der Waals surface area contributed by atoms with Gasteiger partial charge in [0.05, 0.1) is 0 Å². The fourth-order valence-electron chi connectivity index (χ4n) is 2.81. The molecule has 7 heteroatoms. The highest BCUT2D eigenvalue weighted by molar-refractivity contribution is 5.83. The molecule has 2 rings (SSSR count). The van der Waals surface area contributed by atoms with E-state index in [9.17, 15) is 14.4 Å². The summed E-state index contributed by atoms with van der Waals surface area (Å²) in [5.41, 5.74) is 0. The molecule has 0 aromatic heterocycles. The van der Waals surface area contributed by atoms with E-state index < -0.39 is 18.2 Å². The van der Waals surface area contributed by atoms with E-state index in [1.165, 1.54) is 0 Å². The highest BCUT2D eigenvalue weighted by atomic mass is 16.5. The lowest BCUT2D eigenvalue weighted by atomic mass is 10.2. The van der Waals surface area contributed by atoms with Gasteiger partial charge in [-0.1, -0.05) is 6.92 Å². The minimum absolute atomic E-state index is 0.104. The number of carboxylic acids is 1. The van der Waals surface area contributed by atoms with Gasteiger partial charge in [-0.25, -0.2) is 4.79 Å². The molecule has 7 nitrogen and oxygen atoms in total. The Kier molecular flexibility index (Phi) is 5.17. The second-order valence-corrected chi connectivity index (χ2v) is 5.44. The van der Waals surface area contributed by atoms with Crippen molar-refractivity contribution < 1.29 is 24.2 Å². The van der Waals surface area contributed by atoms with Crippen LogP contribution in [0.25, 0.3) is 0 Å². The molecular formula is C14H22N2O5. The average Bonchev–Trinajstić information content (AvgIpc) is 2.84. The van der Waals surface area contributed by atoms with E-state index in [1.54, 1.807) is 9.80 Å². The number of rotatable bonds is 3. The van der Waals surface area contributed by atoms with Crippen LogP contribution in [0.15, 0.2) is 0 Å². The first kappa shape index (κ1) is 15.8. The Bertz CT molecular complexity index is 426. The van der Waals surface area contributed by atoms with Crippen molar-refractivity contribution in [3.63, 3.8) is 0 Å². The molecule has 0 radical (unpaired) electrons. The zero-order valence-corrected chi connectivity index (χ0v) is 12.3. The second kappa shape index (κ2) is 6.89. The molecular weight excluding hydrogens is 276 g/mol. The molecule has 0 bridgehead atoms. The first-order valence-electron chi connectivity index (χ1n) is 7.47. The van der Waals surface area contributed by atoms with Gasteiger partial charge in [-0.05, 0) is 19.3 Å². The van der Waals surface area contributed by atoms with Crippen LogP contribution in [0.5, 0.6) is 0 Å². The maximum Gasteiger partial charge on any atom is 0.332 e. The van der Waals surface area contributed by atoms with Crippen molar-refractivity contribution in [1.82, 2.24) is 9.80 Å². The number of aliphatic carboxylic acids is 1. The normalized spacial score (nSPS) is 26.5. The summed E-state index contributed by atoms with van der Waals surface area (Å²) in [6.07, 6.45) is 0.514. The Morgan fingerprint density at radius 3 is 2.29 bits per heavy atom. The molecule has 2 heterocycles. The lowest BCUT2D eigenvalue weighted by molar-refractivity contribution is -0.154. The van der Waals surface area contributed by atoms with Crippen LogP contribution in [0.1, 0.15) is 32.6 Å².